The Morgan fingerprint density at radius 1 is 1.39 bits per heavy atom. The highest BCUT2D eigenvalue weighted by molar-refractivity contribution is 7.19. The lowest BCUT2D eigenvalue weighted by Crippen LogP contribution is -2.14. The molecular weight excluding hydrogens is 244 g/mol. The van der Waals surface area contributed by atoms with E-state index in [2.05, 4.69) is 34.3 Å². The van der Waals surface area contributed by atoms with Crippen LogP contribution in [0.2, 0.25) is 0 Å². The Morgan fingerprint density at radius 3 is 2.94 bits per heavy atom. The third kappa shape index (κ3) is 2.02. The topological polar surface area (TPSA) is 56.7 Å². The summed E-state index contributed by atoms with van der Waals surface area (Å²) in [5.74, 6) is 0.917. The molecule has 0 amide bonds. The summed E-state index contributed by atoms with van der Waals surface area (Å²) in [7, 11) is 1.89. The first-order valence-electron chi connectivity index (χ1n) is 5.81. The van der Waals surface area contributed by atoms with Crippen molar-refractivity contribution in [3.63, 3.8) is 0 Å². The van der Waals surface area contributed by atoms with E-state index in [1.54, 1.807) is 22.3 Å². The number of thiophene rings is 1. The summed E-state index contributed by atoms with van der Waals surface area (Å²) >= 11 is 1.75. The first-order chi connectivity index (χ1) is 8.74. The van der Waals surface area contributed by atoms with Crippen LogP contribution in [-0.4, -0.2) is 14.8 Å². The predicted molar refractivity (Wildman–Crippen MR) is 73.5 cm³/mol. The molecule has 2 aromatic heterocycles. The number of benzene rings is 1. The SMILES string of the molecule is Cn1ncnc1CC(N)c1cc2ccccc2s1. The molecule has 18 heavy (non-hydrogen) atoms. The van der Waals surface area contributed by atoms with Crippen LogP contribution in [0.3, 0.4) is 0 Å². The minimum absolute atomic E-state index is 0.0229. The number of rotatable bonds is 3. The van der Waals surface area contributed by atoms with Gasteiger partial charge >= 0.3 is 0 Å². The highest BCUT2D eigenvalue weighted by Gasteiger charge is 2.13. The van der Waals surface area contributed by atoms with E-state index in [0.717, 1.165) is 5.82 Å². The zero-order chi connectivity index (χ0) is 12.5. The van der Waals surface area contributed by atoms with Crippen molar-refractivity contribution in [3.8, 4) is 0 Å². The van der Waals surface area contributed by atoms with Crippen LogP contribution >= 0.6 is 11.3 Å². The van der Waals surface area contributed by atoms with Crippen LogP contribution in [0.1, 0.15) is 16.7 Å². The molecule has 3 rings (SSSR count). The molecule has 2 N–H and O–H groups in total. The number of nitrogens with two attached hydrogens (primary N) is 1. The van der Waals surface area contributed by atoms with Crippen LogP contribution in [-0.2, 0) is 13.5 Å². The molecule has 0 radical (unpaired) electrons. The molecule has 0 bridgehead atoms. The standard InChI is InChI=1S/C13H14N4S/c1-17-13(15-8-16-17)7-10(14)12-6-9-4-2-3-5-11(9)18-12/h2-6,8,10H,7,14H2,1H3. The Balaban J connectivity index is 1.88. The molecule has 0 spiro atoms. The molecule has 1 atom stereocenters. The molecule has 4 nitrogen and oxygen atoms in total. The summed E-state index contributed by atoms with van der Waals surface area (Å²) in [6.45, 7) is 0. The predicted octanol–water partition coefficient (Wildman–Crippen LogP) is 2.27. The Hall–Kier alpha value is -1.72. The van der Waals surface area contributed by atoms with Crippen LogP contribution in [0, 0.1) is 0 Å². The molecule has 0 aliphatic heterocycles. The molecular formula is C13H14N4S. The molecule has 0 aliphatic rings. The second-order valence-corrected chi connectivity index (χ2v) is 5.41. The highest BCUT2D eigenvalue weighted by atomic mass is 32.1. The Kier molecular flexibility index (Phi) is 2.85. The smallest absolute Gasteiger partial charge is 0.138 e. The van der Waals surface area contributed by atoms with Crippen molar-refractivity contribution in [1.29, 1.82) is 0 Å². The molecule has 0 fully saturated rings. The van der Waals surface area contributed by atoms with Gasteiger partial charge in [0.1, 0.15) is 12.2 Å². The maximum absolute atomic E-state index is 6.25. The van der Waals surface area contributed by atoms with Gasteiger partial charge in [0.2, 0.25) is 0 Å². The van der Waals surface area contributed by atoms with Gasteiger partial charge in [-0.1, -0.05) is 18.2 Å². The lowest BCUT2D eigenvalue weighted by Gasteiger charge is -2.08. The average molecular weight is 258 g/mol. The maximum atomic E-state index is 6.25. The van der Waals surface area contributed by atoms with Gasteiger partial charge in [-0.3, -0.25) is 4.68 Å². The van der Waals surface area contributed by atoms with Crippen LogP contribution in [0.25, 0.3) is 10.1 Å². The third-order valence-electron chi connectivity index (χ3n) is 3.02. The Morgan fingerprint density at radius 2 is 2.22 bits per heavy atom. The van der Waals surface area contributed by atoms with Gasteiger partial charge in [-0.25, -0.2) is 4.98 Å². The van der Waals surface area contributed by atoms with Gasteiger partial charge in [-0.2, -0.15) is 5.10 Å². The van der Waals surface area contributed by atoms with E-state index in [9.17, 15) is 0 Å². The zero-order valence-corrected chi connectivity index (χ0v) is 10.9. The molecule has 0 aliphatic carbocycles. The molecule has 3 aromatic rings. The lowest BCUT2D eigenvalue weighted by molar-refractivity contribution is 0.636. The minimum atomic E-state index is -0.0229. The molecule has 0 saturated carbocycles. The van der Waals surface area contributed by atoms with E-state index in [0.29, 0.717) is 6.42 Å². The number of nitrogens with zero attached hydrogens (tertiary/aromatic N) is 3. The third-order valence-corrected chi connectivity index (χ3v) is 4.27. The fourth-order valence-corrected chi connectivity index (χ4v) is 3.05. The first-order valence-corrected chi connectivity index (χ1v) is 6.62. The first kappa shape index (κ1) is 11.4. The van der Waals surface area contributed by atoms with Gasteiger partial charge < -0.3 is 5.73 Å². The monoisotopic (exact) mass is 258 g/mol. The molecule has 0 saturated heterocycles. The highest BCUT2D eigenvalue weighted by Crippen LogP contribution is 2.29. The van der Waals surface area contributed by atoms with Gasteiger partial charge in [0.05, 0.1) is 0 Å². The molecule has 1 aromatic carbocycles. The van der Waals surface area contributed by atoms with Crippen molar-refractivity contribution in [3.05, 3.63) is 47.4 Å². The van der Waals surface area contributed by atoms with E-state index in [1.807, 2.05) is 13.1 Å². The van der Waals surface area contributed by atoms with Gasteiger partial charge in [0, 0.05) is 29.1 Å². The average Bonchev–Trinajstić information content (AvgIpc) is 2.96. The fourth-order valence-electron chi connectivity index (χ4n) is 1.99. The summed E-state index contributed by atoms with van der Waals surface area (Å²) in [5.41, 5.74) is 6.25. The van der Waals surface area contributed by atoms with E-state index in [-0.39, 0.29) is 6.04 Å². The maximum Gasteiger partial charge on any atom is 0.138 e. The van der Waals surface area contributed by atoms with Crippen molar-refractivity contribution in [2.24, 2.45) is 12.8 Å². The summed E-state index contributed by atoms with van der Waals surface area (Å²) < 4.78 is 3.05. The molecule has 92 valence electrons. The second-order valence-electron chi connectivity index (χ2n) is 4.30. The van der Waals surface area contributed by atoms with Crippen molar-refractivity contribution in [2.75, 3.05) is 0 Å². The largest absolute Gasteiger partial charge is 0.323 e. The van der Waals surface area contributed by atoms with Crippen LogP contribution in [0.5, 0.6) is 0 Å². The second kappa shape index (κ2) is 4.51. The van der Waals surface area contributed by atoms with Gasteiger partial charge in [-0.05, 0) is 17.5 Å². The molecule has 5 heteroatoms. The van der Waals surface area contributed by atoms with Crippen LogP contribution < -0.4 is 5.73 Å². The van der Waals surface area contributed by atoms with Gasteiger partial charge in [0.25, 0.3) is 0 Å². The summed E-state index contributed by atoms with van der Waals surface area (Å²) in [6, 6.07) is 10.5. The summed E-state index contributed by atoms with van der Waals surface area (Å²) in [4.78, 5) is 5.41. The number of aromatic nitrogens is 3. The van der Waals surface area contributed by atoms with Crippen molar-refractivity contribution < 1.29 is 0 Å². The minimum Gasteiger partial charge on any atom is -0.323 e. The number of aryl methyl sites for hydroxylation is 1. The molecule has 2 heterocycles. The molecule has 1 unspecified atom stereocenters. The lowest BCUT2D eigenvalue weighted by atomic mass is 10.1. The van der Waals surface area contributed by atoms with Crippen molar-refractivity contribution in [1.82, 2.24) is 14.8 Å². The van der Waals surface area contributed by atoms with E-state index >= 15 is 0 Å². The number of hydrogen-bond acceptors (Lipinski definition) is 4. The van der Waals surface area contributed by atoms with Gasteiger partial charge in [0.15, 0.2) is 0 Å². The normalized spacial score (nSPS) is 13.0. The van der Waals surface area contributed by atoms with Crippen LogP contribution in [0.4, 0.5) is 0 Å². The van der Waals surface area contributed by atoms with Crippen molar-refractivity contribution >= 4 is 21.4 Å². The van der Waals surface area contributed by atoms with Gasteiger partial charge in [-0.15, -0.1) is 11.3 Å². The van der Waals surface area contributed by atoms with Crippen LogP contribution in [0.15, 0.2) is 36.7 Å². The van der Waals surface area contributed by atoms with E-state index in [4.69, 9.17) is 5.73 Å². The Labute approximate surface area is 109 Å². The zero-order valence-electron chi connectivity index (χ0n) is 10.1. The Bertz CT molecular complexity index is 637. The number of hydrogen-bond donors (Lipinski definition) is 1. The number of fused-ring (bicyclic) bond motifs is 1. The quantitative estimate of drug-likeness (QED) is 0.784. The van der Waals surface area contributed by atoms with E-state index < -0.39 is 0 Å². The summed E-state index contributed by atoms with van der Waals surface area (Å²) in [5, 5.41) is 5.31. The van der Waals surface area contributed by atoms with E-state index in [1.165, 1.54) is 15.0 Å². The fraction of sp³-hybridized carbons (Fsp3) is 0.231. The van der Waals surface area contributed by atoms with Crippen molar-refractivity contribution in [2.45, 2.75) is 12.5 Å². The summed E-state index contributed by atoms with van der Waals surface area (Å²) in [6.07, 6.45) is 2.27.